The van der Waals surface area contributed by atoms with Crippen molar-refractivity contribution >= 4 is 29.2 Å². The van der Waals surface area contributed by atoms with Crippen molar-refractivity contribution < 1.29 is 29.0 Å². The highest BCUT2D eigenvalue weighted by Gasteiger charge is 2.28. The van der Waals surface area contributed by atoms with E-state index in [1.165, 1.54) is 11.9 Å². The molecule has 0 bridgehead atoms. The molecule has 9 N–H and O–H groups in total. The Hall–Kier alpha value is -3.35. The number of ether oxygens (including phenoxy) is 2. The molecule has 218 valence electrons. The molecule has 1 amide bonds. The molecule has 12 nitrogen and oxygen atoms in total. The third kappa shape index (κ3) is 11.5. The molecular formula is C27H44N6O6. The number of methoxy groups -OCH3 is 1. The second-order valence-electron chi connectivity index (χ2n) is 9.94. The number of Topliss-reactive ketones (excluding diaryl/α,β-unsaturated/α-hetero) is 1. The fourth-order valence-electron chi connectivity index (χ4n) is 4.48. The van der Waals surface area contributed by atoms with Gasteiger partial charge in [0.1, 0.15) is 11.7 Å². The van der Waals surface area contributed by atoms with E-state index < -0.39 is 24.1 Å². The van der Waals surface area contributed by atoms with Crippen molar-refractivity contribution in [3.8, 4) is 0 Å². The summed E-state index contributed by atoms with van der Waals surface area (Å²) in [6, 6.07) is 7.20. The van der Waals surface area contributed by atoms with Crippen LogP contribution >= 0.6 is 0 Å². The molecule has 1 aromatic carbocycles. The lowest BCUT2D eigenvalue weighted by Gasteiger charge is -2.29. The molecule has 0 aromatic heterocycles. The number of ketones is 1. The van der Waals surface area contributed by atoms with Crippen molar-refractivity contribution in [3.05, 3.63) is 36.0 Å². The van der Waals surface area contributed by atoms with Gasteiger partial charge in [-0.1, -0.05) is 18.6 Å². The summed E-state index contributed by atoms with van der Waals surface area (Å²) >= 11 is 0. The fourth-order valence-corrected chi connectivity index (χ4v) is 4.48. The van der Waals surface area contributed by atoms with E-state index in [9.17, 15) is 19.5 Å². The van der Waals surface area contributed by atoms with E-state index in [0.717, 1.165) is 12.0 Å². The first-order valence-electron chi connectivity index (χ1n) is 13.4. The van der Waals surface area contributed by atoms with E-state index in [2.05, 4.69) is 10.6 Å². The molecule has 0 saturated carbocycles. The third-order valence-electron chi connectivity index (χ3n) is 6.91. The summed E-state index contributed by atoms with van der Waals surface area (Å²) < 4.78 is 11.0. The SMILES string of the molecule is COC1CCCNC(NC(=O)O)C(CCCCN(N)/C=C(\N)c2cccc(N)c2)COC(=O)C(C)C(=O)CC1. The summed E-state index contributed by atoms with van der Waals surface area (Å²) in [5.41, 5.74) is 13.8. The summed E-state index contributed by atoms with van der Waals surface area (Å²) in [6.07, 6.45) is 3.81. The average molecular weight is 549 g/mol. The first kappa shape index (κ1) is 31.9. The van der Waals surface area contributed by atoms with E-state index in [1.807, 2.05) is 12.1 Å². The zero-order valence-electron chi connectivity index (χ0n) is 22.9. The van der Waals surface area contributed by atoms with Gasteiger partial charge in [0.15, 0.2) is 0 Å². The Morgan fingerprint density at radius 1 is 1.31 bits per heavy atom. The molecule has 4 unspecified atom stereocenters. The Morgan fingerprint density at radius 2 is 2.08 bits per heavy atom. The summed E-state index contributed by atoms with van der Waals surface area (Å²) in [6.45, 7) is 2.55. The molecule has 4 atom stereocenters. The Kier molecular flexibility index (Phi) is 13.5. The Morgan fingerprint density at radius 3 is 2.77 bits per heavy atom. The van der Waals surface area contributed by atoms with Crippen molar-refractivity contribution in [2.75, 3.05) is 32.5 Å². The van der Waals surface area contributed by atoms with Gasteiger partial charge in [-0.25, -0.2) is 10.6 Å². The number of esters is 1. The highest BCUT2D eigenvalue weighted by Crippen LogP contribution is 2.18. The molecule has 12 heteroatoms. The van der Waals surface area contributed by atoms with Crippen LogP contribution in [0, 0.1) is 11.8 Å². The lowest BCUT2D eigenvalue weighted by Crippen LogP contribution is -2.51. The maximum absolute atomic E-state index is 12.6. The molecule has 0 radical (unpaired) electrons. The van der Waals surface area contributed by atoms with Crippen LogP contribution in [0.5, 0.6) is 0 Å². The first-order chi connectivity index (χ1) is 18.6. The minimum absolute atomic E-state index is 0.0241. The average Bonchev–Trinajstić information content (AvgIpc) is 2.90. The highest BCUT2D eigenvalue weighted by molar-refractivity contribution is 5.98. The molecule has 0 aliphatic carbocycles. The van der Waals surface area contributed by atoms with Gasteiger partial charge in [0.25, 0.3) is 0 Å². The van der Waals surface area contributed by atoms with Crippen LogP contribution in [0.25, 0.3) is 5.70 Å². The van der Waals surface area contributed by atoms with Gasteiger partial charge in [0.2, 0.25) is 0 Å². The number of rotatable bonds is 9. The van der Waals surface area contributed by atoms with E-state index >= 15 is 0 Å². The summed E-state index contributed by atoms with van der Waals surface area (Å²) in [5, 5.41) is 16.7. The number of carbonyl (C=O) groups excluding carboxylic acids is 2. The number of nitrogens with two attached hydrogens (primary N) is 3. The van der Waals surface area contributed by atoms with Crippen molar-refractivity contribution in [1.82, 2.24) is 15.6 Å². The Bertz CT molecular complexity index is 974. The number of hydrogen-bond acceptors (Lipinski definition) is 10. The minimum Gasteiger partial charge on any atom is -0.465 e. The molecule has 1 aliphatic heterocycles. The molecule has 39 heavy (non-hydrogen) atoms. The standard InChI is InChI=1S/C27H44N6O6/c1-18-24(34)12-11-22(38-2)10-6-13-31-25(32-27(36)37)20(17-39-26(18)35)7-3-4-14-33(30)16-23(29)19-8-5-9-21(28)15-19/h5,8-9,15-16,18,20,22,25,31-32H,3-4,6-7,10-14,17,28-30H2,1-2H3,(H,36,37)/b23-16-. The van der Waals surface area contributed by atoms with Crippen LogP contribution in [-0.4, -0.2) is 67.0 Å². The van der Waals surface area contributed by atoms with Crippen molar-refractivity contribution in [3.63, 3.8) is 0 Å². The summed E-state index contributed by atoms with van der Waals surface area (Å²) in [7, 11) is 1.60. The van der Waals surface area contributed by atoms with Crippen LogP contribution in [0.1, 0.15) is 57.4 Å². The third-order valence-corrected chi connectivity index (χ3v) is 6.91. The van der Waals surface area contributed by atoms with Gasteiger partial charge in [0.05, 0.1) is 24.6 Å². The van der Waals surface area contributed by atoms with Crippen LogP contribution in [0.3, 0.4) is 0 Å². The number of carbonyl (C=O) groups is 3. The number of nitrogens with zero attached hydrogens (tertiary/aromatic N) is 1. The maximum Gasteiger partial charge on any atom is 0.405 e. The molecular weight excluding hydrogens is 504 g/mol. The van der Waals surface area contributed by atoms with Crippen LogP contribution < -0.4 is 27.9 Å². The molecule has 2 rings (SSSR count). The van der Waals surface area contributed by atoms with Gasteiger partial charge in [-0.3, -0.25) is 14.9 Å². The highest BCUT2D eigenvalue weighted by atomic mass is 16.5. The number of amides is 1. The monoisotopic (exact) mass is 548 g/mol. The number of hydrazine groups is 1. The lowest BCUT2D eigenvalue weighted by molar-refractivity contribution is -0.153. The number of carboxylic acid groups (broad SMARTS) is 1. The van der Waals surface area contributed by atoms with E-state index in [1.54, 1.807) is 25.4 Å². The van der Waals surface area contributed by atoms with Crippen molar-refractivity contribution in [2.45, 2.75) is 64.1 Å². The van der Waals surface area contributed by atoms with Gasteiger partial charge in [-0.05, 0) is 57.7 Å². The molecule has 1 aromatic rings. The van der Waals surface area contributed by atoms with E-state index in [-0.39, 0.29) is 30.8 Å². The van der Waals surface area contributed by atoms with E-state index in [4.69, 9.17) is 26.8 Å². The largest absolute Gasteiger partial charge is 0.465 e. The molecule has 1 aliphatic rings. The number of unbranched alkanes of at least 4 members (excludes halogenated alkanes) is 1. The fraction of sp³-hybridized carbons (Fsp3) is 0.593. The lowest BCUT2D eigenvalue weighted by atomic mass is 9.97. The second-order valence-corrected chi connectivity index (χ2v) is 9.94. The summed E-state index contributed by atoms with van der Waals surface area (Å²) in [4.78, 5) is 36.6. The van der Waals surface area contributed by atoms with Crippen molar-refractivity contribution in [2.24, 2.45) is 23.4 Å². The number of cyclic esters (lactones) is 1. The Balaban J connectivity index is 2.02. The quantitative estimate of drug-likeness (QED) is 0.0659. The number of nitrogen functional groups attached to an aromatic ring is 1. The second kappa shape index (κ2) is 16.6. The van der Waals surface area contributed by atoms with Crippen LogP contribution in [0.4, 0.5) is 10.5 Å². The summed E-state index contributed by atoms with van der Waals surface area (Å²) in [5.74, 6) is 4.05. The molecule has 1 saturated heterocycles. The number of nitrogens with one attached hydrogen (secondary N) is 2. The Labute approximate surface area is 230 Å². The van der Waals surface area contributed by atoms with Gasteiger partial charge in [0, 0.05) is 43.4 Å². The first-order valence-corrected chi connectivity index (χ1v) is 13.4. The van der Waals surface area contributed by atoms with E-state index in [0.29, 0.717) is 56.6 Å². The minimum atomic E-state index is -1.18. The smallest absolute Gasteiger partial charge is 0.405 e. The number of benzene rings is 1. The molecule has 0 spiro atoms. The van der Waals surface area contributed by atoms with Gasteiger partial charge < -0.3 is 36.4 Å². The number of anilines is 1. The van der Waals surface area contributed by atoms with Crippen molar-refractivity contribution in [1.29, 1.82) is 0 Å². The molecule has 1 fully saturated rings. The topological polar surface area (TPSA) is 195 Å². The van der Waals surface area contributed by atoms with Gasteiger partial charge in [-0.2, -0.15) is 0 Å². The molecule has 1 heterocycles. The van der Waals surface area contributed by atoms with Gasteiger partial charge >= 0.3 is 12.1 Å². The predicted molar refractivity (Wildman–Crippen MR) is 149 cm³/mol. The zero-order chi connectivity index (χ0) is 28.8. The maximum atomic E-state index is 12.6. The van der Waals surface area contributed by atoms with Crippen LogP contribution in [0.2, 0.25) is 0 Å². The zero-order valence-corrected chi connectivity index (χ0v) is 22.9. The van der Waals surface area contributed by atoms with Crippen LogP contribution in [0.15, 0.2) is 30.5 Å². The normalized spacial score (nSPS) is 23.9. The van der Waals surface area contributed by atoms with Gasteiger partial charge in [-0.15, -0.1) is 0 Å². The van der Waals surface area contributed by atoms with Crippen LogP contribution in [-0.2, 0) is 19.1 Å². The predicted octanol–water partition coefficient (Wildman–Crippen LogP) is 2.01. The number of hydrogen-bond donors (Lipinski definition) is 6.